The van der Waals surface area contributed by atoms with Crippen LogP contribution in [-0.2, 0) is 0 Å². The number of rotatable bonds is 6. The highest BCUT2D eigenvalue weighted by atomic mass is 35.5. The molecule has 8 heteroatoms. The third-order valence-electron chi connectivity index (χ3n) is 5.65. The van der Waals surface area contributed by atoms with Crippen molar-refractivity contribution in [2.24, 2.45) is 0 Å². The van der Waals surface area contributed by atoms with Crippen molar-refractivity contribution in [3.8, 4) is 11.3 Å². The minimum Gasteiger partial charge on any atom is -0.396 e. The Kier molecular flexibility index (Phi) is 9.44. The third-order valence-corrected chi connectivity index (χ3v) is 5.65. The van der Waals surface area contributed by atoms with E-state index in [0.717, 1.165) is 60.7 Å². The molecule has 168 valence electrons. The summed E-state index contributed by atoms with van der Waals surface area (Å²) in [4.78, 5) is 14.3. The molecule has 0 saturated carbocycles. The van der Waals surface area contributed by atoms with Gasteiger partial charge in [-0.25, -0.2) is 9.37 Å². The van der Waals surface area contributed by atoms with Gasteiger partial charge in [-0.05, 0) is 24.2 Å². The van der Waals surface area contributed by atoms with Crippen molar-refractivity contribution in [3.63, 3.8) is 0 Å². The fourth-order valence-electron chi connectivity index (χ4n) is 3.97. The van der Waals surface area contributed by atoms with Gasteiger partial charge in [0.05, 0.1) is 5.69 Å². The predicted molar refractivity (Wildman–Crippen MR) is 129 cm³/mol. The lowest BCUT2D eigenvalue weighted by molar-refractivity contribution is 0.222. The number of likely N-dealkylation sites (N-methyl/N-ethyl adjacent to an activating group) is 1. The Labute approximate surface area is 195 Å². The summed E-state index contributed by atoms with van der Waals surface area (Å²) < 4.78 is 14.7. The minimum atomic E-state index is -1.22. The molecule has 1 aliphatic rings. The molecule has 1 aliphatic heterocycles. The number of pyridine rings is 2. The highest BCUT2D eigenvalue weighted by Gasteiger charge is 2.22. The Morgan fingerprint density at radius 3 is 2.52 bits per heavy atom. The molecule has 0 radical (unpaired) electrons. The van der Waals surface area contributed by atoms with Crippen molar-refractivity contribution < 1.29 is 9.50 Å². The third kappa shape index (κ3) is 5.44. The first-order valence-corrected chi connectivity index (χ1v) is 10.3. The number of aromatic nitrogens is 2. The van der Waals surface area contributed by atoms with E-state index in [9.17, 15) is 9.50 Å². The van der Waals surface area contributed by atoms with E-state index in [1.54, 1.807) is 12.3 Å². The summed E-state index contributed by atoms with van der Waals surface area (Å²) in [5.74, 6) is 0.862. The Bertz CT molecular complexity index is 983. The van der Waals surface area contributed by atoms with Crippen molar-refractivity contribution >= 4 is 41.5 Å². The number of hydrogen-bond donors (Lipinski definition) is 1. The second-order valence-corrected chi connectivity index (χ2v) is 7.39. The molecule has 0 bridgehead atoms. The SMILES string of the molecule is CCN1CCN(c2nc(-c3ccccc3C(F)CCO)cc3cccnc23)CC1.Cl.Cl. The number of halogens is 3. The monoisotopic (exact) mass is 466 g/mol. The minimum absolute atomic E-state index is 0. The van der Waals surface area contributed by atoms with E-state index in [2.05, 4.69) is 21.7 Å². The van der Waals surface area contributed by atoms with Gasteiger partial charge in [0, 0.05) is 56.4 Å². The topological polar surface area (TPSA) is 52.5 Å². The van der Waals surface area contributed by atoms with Crippen molar-refractivity contribution in [1.82, 2.24) is 14.9 Å². The van der Waals surface area contributed by atoms with Gasteiger partial charge < -0.3 is 14.9 Å². The molecule has 1 saturated heterocycles. The first kappa shape index (κ1) is 25.3. The molecule has 2 aromatic heterocycles. The van der Waals surface area contributed by atoms with Crippen LogP contribution in [0.2, 0.25) is 0 Å². The first-order valence-electron chi connectivity index (χ1n) is 10.3. The molecule has 0 amide bonds. The van der Waals surface area contributed by atoms with Crippen molar-refractivity contribution in [2.45, 2.75) is 19.5 Å². The van der Waals surface area contributed by atoms with Crippen LogP contribution in [0.1, 0.15) is 25.1 Å². The summed E-state index contributed by atoms with van der Waals surface area (Å²) in [6.07, 6.45) is 0.652. The lowest BCUT2D eigenvalue weighted by Gasteiger charge is -2.35. The molecule has 5 nitrogen and oxygen atoms in total. The van der Waals surface area contributed by atoms with Gasteiger partial charge in [-0.15, -0.1) is 24.8 Å². The Balaban J connectivity index is 0.00000171. The summed E-state index contributed by atoms with van der Waals surface area (Å²) in [7, 11) is 0. The maximum atomic E-state index is 14.7. The predicted octanol–water partition coefficient (Wildman–Crippen LogP) is 4.68. The largest absolute Gasteiger partial charge is 0.396 e. The number of aliphatic hydroxyl groups excluding tert-OH is 1. The number of benzene rings is 1. The van der Waals surface area contributed by atoms with Crippen molar-refractivity contribution in [1.29, 1.82) is 0 Å². The van der Waals surface area contributed by atoms with Crippen LogP contribution in [0.25, 0.3) is 22.2 Å². The number of fused-ring (bicyclic) bond motifs is 1. The number of alkyl halides is 1. The molecule has 0 aliphatic carbocycles. The number of piperazine rings is 1. The lowest BCUT2D eigenvalue weighted by atomic mass is 9.98. The van der Waals surface area contributed by atoms with Gasteiger partial charge >= 0.3 is 0 Å². The average Bonchev–Trinajstić information content (AvgIpc) is 2.78. The lowest BCUT2D eigenvalue weighted by Crippen LogP contribution is -2.46. The number of anilines is 1. The van der Waals surface area contributed by atoms with E-state index in [-0.39, 0.29) is 37.8 Å². The van der Waals surface area contributed by atoms with Crippen LogP contribution >= 0.6 is 24.8 Å². The molecular weight excluding hydrogens is 438 g/mol. The van der Waals surface area contributed by atoms with Gasteiger partial charge in [-0.3, -0.25) is 4.98 Å². The molecule has 1 N–H and O–H groups in total. The Hall–Kier alpha value is -1.99. The van der Waals surface area contributed by atoms with E-state index in [1.165, 1.54) is 0 Å². The van der Waals surface area contributed by atoms with E-state index in [4.69, 9.17) is 4.98 Å². The zero-order valence-corrected chi connectivity index (χ0v) is 19.2. The Morgan fingerprint density at radius 1 is 1.06 bits per heavy atom. The van der Waals surface area contributed by atoms with Crippen LogP contribution < -0.4 is 4.90 Å². The molecule has 3 aromatic rings. The molecule has 3 heterocycles. The standard InChI is InChI=1S/C23H27FN4O.2ClH/c1-2-27-11-13-28(14-12-27)23-22-17(6-5-10-25-22)16-21(26-23)19-8-4-3-7-18(19)20(24)9-15-29;;/h3-8,10,16,20,29H,2,9,11-15H2,1H3;2*1H. The number of aliphatic hydroxyl groups is 1. The average molecular weight is 467 g/mol. The van der Waals surface area contributed by atoms with E-state index in [0.29, 0.717) is 5.56 Å². The van der Waals surface area contributed by atoms with Gasteiger partial charge in [0.15, 0.2) is 5.82 Å². The zero-order valence-electron chi connectivity index (χ0n) is 17.6. The second kappa shape index (κ2) is 11.6. The highest BCUT2D eigenvalue weighted by Crippen LogP contribution is 2.34. The summed E-state index contributed by atoms with van der Waals surface area (Å²) >= 11 is 0. The quantitative estimate of drug-likeness (QED) is 0.571. The Morgan fingerprint density at radius 2 is 1.81 bits per heavy atom. The van der Waals surface area contributed by atoms with Crippen LogP contribution in [0.15, 0.2) is 48.7 Å². The zero-order chi connectivity index (χ0) is 20.2. The number of nitrogens with zero attached hydrogens (tertiary/aromatic N) is 4. The molecule has 1 atom stereocenters. The molecule has 31 heavy (non-hydrogen) atoms. The molecular formula is C23H29Cl2FN4O. The molecule has 1 aromatic carbocycles. The molecule has 1 unspecified atom stereocenters. The van der Waals surface area contributed by atoms with Crippen molar-refractivity contribution in [2.75, 3.05) is 44.2 Å². The van der Waals surface area contributed by atoms with Crippen LogP contribution in [0, 0.1) is 0 Å². The van der Waals surface area contributed by atoms with Crippen molar-refractivity contribution in [3.05, 3.63) is 54.2 Å². The maximum absolute atomic E-state index is 14.7. The van der Waals surface area contributed by atoms with Crippen LogP contribution in [0.5, 0.6) is 0 Å². The van der Waals surface area contributed by atoms with Crippen LogP contribution in [-0.4, -0.2) is 59.3 Å². The van der Waals surface area contributed by atoms with Crippen LogP contribution in [0.4, 0.5) is 10.2 Å². The van der Waals surface area contributed by atoms with Gasteiger partial charge in [0.25, 0.3) is 0 Å². The molecule has 1 fully saturated rings. The summed E-state index contributed by atoms with van der Waals surface area (Å²) in [5.41, 5.74) is 2.96. The van der Waals surface area contributed by atoms with E-state index in [1.807, 2.05) is 36.4 Å². The number of hydrogen-bond acceptors (Lipinski definition) is 5. The first-order chi connectivity index (χ1) is 14.2. The molecule has 4 rings (SSSR count). The van der Waals surface area contributed by atoms with Gasteiger partial charge in [-0.1, -0.05) is 37.3 Å². The normalized spacial score (nSPS) is 15.3. The highest BCUT2D eigenvalue weighted by molar-refractivity contribution is 5.92. The summed E-state index contributed by atoms with van der Waals surface area (Å²) in [6.45, 7) is 6.84. The van der Waals surface area contributed by atoms with E-state index < -0.39 is 6.17 Å². The van der Waals surface area contributed by atoms with Gasteiger partial charge in [0.1, 0.15) is 11.7 Å². The molecule has 0 spiro atoms. The van der Waals surface area contributed by atoms with Gasteiger partial charge in [-0.2, -0.15) is 0 Å². The fourth-order valence-corrected chi connectivity index (χ4v) is 3.97. The smallest absolute Gasteiger partial charge is 0.155 e. The van der Waals surface area contributed by atoms with Crippen LogP contribution in [0.3, 0.4) is 0 Å². The second-order valence-electron chi connectivity index (χ2n) is 7.39. The van der Waals surface area contributed by atoms with E-state index >= 15 is 0 Å². The fraction of sp³-hybridized carbons (Fsp3) is 0.391. The summed E-state index contributed by atoms with van der Waals surface area (Å²) in [5, 5.41) is 10.2. The summed E-state index contributed by atoms with van der Waals surface area (Å²) in [6, 6.07) is 13.4. The van der Waals surface area contributed by atoms with Gasteiger partial charge in [0.2, 0.25) is 0 Å². The maximum Gasteiger partial charge on any atom is 0.155 e.